The van der Waals surface area contributed by atoms with Crippen molar-refractivity contribution < 1.29 is 45.8 Å². The molecule has 2 aromatic heterocycles. The van der Waals surface area contributed by atoms with Gasteiger partial charge in [-0.2, -0.15) is 8.78 Å². The van der Waals surface area contributed by atoms with Crippen LogP contribution in [0.15, 0.2) is 30.6 Å². The van der Waals surface area contributed by atoms with Gasteiger partial charge in [-0.15, -0.1) is 0 Å². The molecule has 2 bridgehead atoms. The Balaban J connectivity index is 1.09. The Bertz CT molecular complexity index is 1960. The normalized spacial score (nSPS) is 30.9. The fourth-order valence-corrected chi connectivity index (χ4v) is 10.3. The highest BCUT2D eigenvalue weighted by Crippen LogP contribution is 2.51. The number of carbonyl (C=O) groups excluding carboxylic acids is 1. The Morgan fingerprint density at radius 3 is 2.33 bits per heavy atom. The van der Waals surface area contributed by atoms with Gasteiger partial charge in [0, 0.05) is 61.3 Å². The lowest BCUT2D eigenvalue weighted by Gasteiger charge is -2.46. The van der Waals surface area contributed by atoms with Crippen LogP contribution in [0.5, 0.6) is 5.75 Å². The molecule has 8 rings (SSSR count). The zero-order chi connectivity index (χ0) is 39.1. The fourth-order valence-electron chi connectivity index (χ4n) is 10.3. The second kappa shape index (κ2) is 13.7. The van der Waals surface area contributed by atoms with Gasteiger partial charge in [-0.1, -0.05) is 6.92 Å². The maximum atomic E-state index is 15.4. The smallest absolute Gasteiger partial charge is 0.329 e. The summed E-state index contributed by atoms with van der Waals surface area (Å²) in [5.41, 5.74) is -1.96. The van der Waals surface area contributed by atoms with Crippen molar-refractivity contribution in [3.05, 3.63) is 41.9 Å². The number of carboxylic acids is 1. The second-order valence-corrected chi connectivity index (χ2v) is 17.2. The largest absolute Gasteiger partial charge is 0.490 e. The summed E-state index contributed by atoms with van der Waals surface area (Å²) in [6, 6.07) is 5.07. The number of ether oxygens (including phenoxy) is 1. The van der Waals surface area contributed by atoms with E-state index in [-0.39, 0.29) is 87.0 Å². The molecule has 1 aromatic carbocycles. The Morgan fingerprint density at radius 1 is 0.964 bits per heavy atom. The van der Waals surface area contributed by atoms with Gasteiger partial charge in [-0.25, -0.2) is 32.3 Å². The number of amides is 1. The molecular formula is C40H47F6N5O4. The average molecular weight is 776 g/mol. The van der Waals surface area contributed by atoms with Crippen molar-refractivity contribution in [1.82, 2.24) is 24.8 Å². The predicted molar refractivity (Wildman–Crippen MR) is 191 cm³/mol. The Hall–Kier alpha value is -3.88. The van der Waals surface area contributed by atoms with Gasteiger partial charge in [0.25, 0.3) is 17.8 Å². The van der Waals surface area contributed by atoms with Gasteiger partial charge in [-0.3, -0.25) is 9.69 Å². The van der Waals surface area contributed by atoms with Crippen LogP contribution in [-0.4, -0.2) is 79.0 Å². The molecule has 3 aromatic rings. The Morgan fingerprint density at radius 2 is 1.67 bits per heavy atom. The zero-order valence-electron chi connectivity index (χ0n) is 31.0. The molecule has 55 heavy (non-hydrogen) atoms. The third-order valence-corrected chi connectivity index (χ3v) is 13.0. The third-order valence-electron chi connectivity index (χ3n) is 13.0. The lowest BCUT2D eigenvalue weighted by atomic mass is 9.78. The Kier molecular flexibility index (Phi) is 9.44. The molecule has 298 valence electrons. The quantitative estimate of drug-likeness (QED) is 0.210. The highest BCUT2D eigenvalue weighted by Gasteiger charge is 2.56. The molecule has 4 saturated carbocycles. The van der Waals surface area contributed by atoms with E-state index in [0.29, 0.717) is 54.8 Å². The third kappa shape index (κ3) is 7.30. The maximum absolute atomic E-state index is 15.4. The lowest BCUT2D eigenvalue weighted by Crippen LogP contribution is -2.60. The van der Waals surface area contributed by atoms with Crippen LogP contribution in [0.4, 0.5) is 26.3 Å². The minimum absolute atomic E-state index is 0.0912. The van der Waals surface area contributed by atoms with Gasteiger partial charge >= 0.3 is 5.97 Å². The number of carbonyl (C=O) groups is 2. The second-order valence-electron chi connectivity index (χ2n) is 17.2. The number of rotatable bonds is 9. The van der Waals surface area contributed by atoms with Crippen LogP contribution in [0, 0.1) is 17.8 Å². The Labute approximate surface area is 315 Å². The summed E-state index contributed by atoms with van der Waals surface area (Å²) in [5, 5.41) is 13.6. The summed E-state index contributed by atoms with van der Waals surface area (Å²) < 4.78 is 94.4. The lowest BCUT2D eigenvalue weighted by molar-refractivity contribution is -0.151. The first kappa shape index (κ1) is 38.0. The summed E-state index contributed by atoms with van der Waals surface area (Å²) in [4.78, 5) is 36.9. The van der Waals surface area contributed by atoms with Crippen LogP contribution < -0.4 is 10.1 Å². The van der Waals surface area contributed by atoms with Crippen molar-refractivity contribution in [2.24, 2.45) is 17.8 Å². The zero-order valence-corrected chi connectivity index (χ0v) is 31.0. The van der Waals surface area contributed by atoms with Gasteiger partial charge in [-0.05, 0) is 94.1 Å². The monoisotopic (exact) mass is 775 g/mol. The van der Waals surface area contributed by atoms with Crippen molar-refractivity contribution in [2.45, 2.75) is 132 Å². The number of alkyl halides is 6. The SMILES string of the molecule is CC1CC2CC(C1)C(NC(=O)c1cnc(-c3cn(C4CCC(F)(F)CC4)c4cc(OC5CCC(N6CC(F)(F)C6)CC5)ccc34)nc1C(C)(F)F)(C(=O)O)C2. The molecule has 15 heteroatoms. The number of hydrogen-bond acceptors (Lipinski definition) is 6. The van der Waals surface area contributed by atoms with E-state index in [2.05, 4.69) is 15.3 Å². The van der Waals surface area contributed by atoms with Crippen LogP contribution in [0.3, 0.4) is 0 Å². The number of hydrogen-bond donors (Lipinski definition) is 2. The summed E-state index contributed by atoms with van der Waals surface area (Å²) in [7, 11) is 0. The maximum Gasteiger partial charge on any atom is 0.329 e. The van der Waals surface area contributed by atoms with Gasteiger partial charge in [0.2, 0.25) is 5.92 Å². The number of aliphatic carboxylic acids is 1. The average Bonchev–Trinajstić information content (AvgIpc) is 3.61. The number of carboxylic acid groups (broad SMARTS) is 1. The molecule has 1 saturated heterocycles. The van der Waals surface area contributed by atoms with E-state index in [1.165, 1.54) is 0 Å². The first-order chi connectivity index (χ1) is 25.9. The molecule has 3 heterocycles. The van der Waals surface area contributed by atoms with Crippen LogP contribution in [0.1, 0.15) is 113 Å². The summed E-state index contributed by atoms with van der Waals surface area (Å²) >= 11 is 0. The van der Waals surface area contributed by atoms with Crippen LogP contribution in [0.25, 0.3) is 22.3 Å². The number of likely N-dealkylation sites (tertiary alicyclic amines) is 1. The molecule has 1 amide bonds. The van der Waals surface area contributed by atoms with Crippen LogP contribution in [0.2, 0.25) is 0 Å². The highest BCUT2D eigenvalue weighted by molar-refractivity contribution is 6.00. The standard InChI is InChI=1S/C40H47F6N5O4/c1-22-13-23-15-24(14-22)40(17-23,36(53)54)49-35(52)30-18-47-34(48-33(30)37(2,41)42)31-19-51(26-9-11-38(43,44)12-10-26)32-16-28(7-8-29(31)32)55-27-5-3-25(4-6-27)50-20-39(45,46)21-50/h7-8,16,18-19,22-27H,3-6,9-15,17,20-21H2,1-2H3,(H,49,52)(H,53,54). The van der Waals surface area contributed by atoms with E-state index in [0.717, 1.165) is 25.5 Å². The molecule has 1 aliphatic heterocycles. The fraction of sp³-hybridized carbons (Fsp3) is 0.650. The predicted octanol–water partition coefficient (Wildman–Crippen LogP) is 8.61. The van der Waals surface area contributed by atoms with Gasteiger partial charge in [0.1, 0.15) is 17.0 Å². The number of nitrogens with zero attached hydrogens (tertiary/aromatic N) is 4. The summed E-state index contributed by atoms with van der Waals surface area (Å²) in [6.45, 7) is 2.24. The first-order valence-corrected chi connectivity index (χ1v) is 19.5. The van der Waals surface area contributed by atoms with Crippen LogP contribution >= 0.6 is 0 Å². The summed E-state index contributed by atoms with van der Waals surface area (Å²) in [5.74, 6) is -10.7. The molecule has 4 atom stereocenters. The van der Waals surface area contributed by atoms with Crippen molar-refractivity contribution >= 4 is 22.8 Å². The number of benzene rings is 1. The van der Waals surface area contributed by atoms with E-state index in [1.54, 1.807) is 24.4 Å². The van der Waals surface area contributed by atoms with Gasteiger partial charge in [0.15, 0.2) is 5.82 Å². The molecule has 0 radical (unpaired) electrons. The van der Waals surface area contributed by atoms with E-state index in [9.17, 15) is 32.3 Å². The molecule has 4 aliphatic carbocycles. The molecule has 9 nitrogen and oxygen atoms in total. The van der Waals surface area contributed by atoms with Crippen molar-refractivity contribution in [2.75, 3.05) is 13.1 Å². The highest BCUT2D eigenvalue weighted by atomic mass is 19.3. The molecular weight excluding hydrogens is 728 g/mol. The van der Waals surface area contributed by atoms with Gasteiger partial charge < -0.3 is 19.7 Å². The molecule has 2 N–H and O–H groups in total. The number of nitrogens with one attached hydrogen (secondary N) is 1. The molecule has 5 aliphatic rings. The number of aromatic nitrogens is 3. The van der Waals surface area contributed by atoms with E-state index >= 15 is 8.78 Å². The minimum atomic E-state index is -3.61. The molecule has 0 spiro atoms. The summed E-state index contributed by atoms with van der Waals surface area (Å²) in [6.07, 6.45) is 7.45. The minimum Gasteiger partial charge on any atom is -0.490 e. The van der Waals surface area contributed by atoms with Crippen molar-refractivity contribution in [3.8, 4) is 17.1 Å². The topological polar surface area (TPSA) is 110 Å². The van der Waals surface area contributed by atoms with Gasteiger partial charge in [0.05, 0.1) is 30.3 Å². The van der Waals surface area contributed by atoms with E-state index < -0.39 is 46.4 Å². The van der Waals surface area contributed by atoms with E-state index in [1.807, 2.05) is 16.4 Å². The molecule has 4 unspecified atom stereocenters. The van der Waals surface area contributed by atoms with Crippen molar-refractivity contribution in [1.29, 1.82) is 0 Å². The first-order valence-electron chi connectivity index (χ1n) is 19.5. The van der Waals surface area contributed by atoms with E-state index in [4.69, 9.17) is 4.74 Å². The van der Waals surface area contributed by atoms with Crippen LogP contribution in [-0.2, 0) is 10.7 Å². The van der Waals surface area contributed by atoms with Crippen molar-refractivity contribution in [3.63, 3.8) is 0 Å². The number of fused-ring (bicyclic) bond motifs is 3. The number of halogens is 6. The molecule has 5 fully saturated rings.